The molecule has 7 N–H and O–H groups in total. The van der Waals surface area contributed by atoms with Crippen LogP contribution in [0.5, 0.6) is 23.0 Å². The molecular formula is C28H28O12. The topological polar surface area (TPSA) is 211 Å². The van der Waals surface area contributed by atoms with Gasteiger partial charge in [0, 0.05) is 30.3 Å². The maximum Gasteiger partial charge on any atom is 0.347 e. The Morgan fingerprint density at radius 1 is 0.900 bits per heavy atom. The zero-order valence-corrected chi connectivity index (χ0v) is 21.1. The first-order valence-electron chi connectivity index (χ1n) is 12.2. The van der Waals surface area contributed by atoms with Gasteiger partial charge in [-0.3, -0.25) is 4.79 Å². The molecule has 0 radical (unpaired) electrons. The summed E-state index contributed by atoms with van der Waals surface area (Å²) in [4.78, 5) is 37.6. The zero-order valence-electron chi connectivity index (χ0n) is 21.1. The summed E-state index contributed by atoms with van der Waals surface area (Å²) in [6, 6.07) is 7.61. The fourth-order valence-corrected chi connectivity index (χ4v) is 5.51. The molecule has 2 aromatic rings. The van der Waals surface area contributed by atoms with Gasteiger partial charge in [0.2, 0.25) is 6.10 Å². The zero-order chi connectivity index (χ0) is 29.3. The molecule has 212 valence electrons. The number of esters is 2. The van der Waals surface area contributed by atoms with Gasteiger partial charge in [-0.25, -0.2) is 9.59 Å². The summed E-state index contributed by atoms with van der Waals surface area (Å²) >= 11 is 0. The standard InChI is InChI=1S/C28H28O12/c1-39-27(37)20(9-12-2-5-16(29)18(31)8-12)40-28(38)24-22(14-3-6-17(30)19(32)11-14)15-10-13(4-7-21(33)34)23(24)26(36)25(15)35/h2-8,10-11,15,20,22-26,29-32,35-36H,9H2,1H3,(H,33,34)/b7-4+/t15?,20-,22?,23?,24?,25?,26?/m1/s1. The van der Waals surface area contributed by atoms with Gasteiger partial charge < -0.3 is 45.2 Å². The van der Waals surface area contributed by atoms with Crippen LogP contribution < -0.4 is 0 Å². The number of hydrogen-bond donors (Lipinski definition) is 7. The van der Waals surface area contributed by atoms with Crippen molar-refractivity contribution < 1.29 is 59.6 Å². The number of benzene rings is 2. The van der Waals surface area contributed by atoms with E-state index in [1.54, 1.807) is 0 Å². The van der Waals surface area contributed by atoms with Crippen molar-refractivity contribution in [2.24, 2.45) is 17.8 Å². The summed E-state index contributed by atoms with van der Waals surface area (Å²) < 4.78 is 10.4. The molecule has 0 saturated heterocycles. The Labute approximate surface area is 227 Å². The highest BCUT2D eigenvalue weighted by atomic mass is 16.6. The van der Waals surface area contributed by atoms with Crippen LogP contribution in [-0.4, -0.2) is 79.1 Å². The van der Waals surface area contributed by atoms with E-state index >= 15 is 0 Å². The first-order valence-corrected chi connectivity index (χ1v) is 12.2. The van der Waals surface area contributed by atoms with Gasteiger partial charge >= 0.3 is 17.9 Å². The molecule has 12 heteroatoms. The van der Waals surface area contributed by atoms with Crippen LogP contribution >= 0.6 is 0 Å². The van der Waals surface area contributed by atoms with Crippen molar-refractivity contribution in [3.05, 3.63) is 71.3 Å². The normalized spacial score (nSPS) is 26.2. The molecule has 0 aromatic heterocycles. The van der Waals surface area contributed by atoms with Crippen LogP contribution in [-0.2, 0) is 30.3 Å². The van der Waals surface area contributed by atoms with Crippen LogP contribution in [0.25, 0.3) is 0 Å². The van der Waals surface area contributed by atoms with Crippen LogP contribution in [0.2, 0.25) is 0 Å². The van der Waals surface area contributed by atoms with Gasteiger partial charge in [-0.2, -0.15) is 0 Å². The predicted molar refractivity (Wildman–Crippen MR) is 135 cm³/mol. The number of aliphatic carboxylic acids is 1. The number of aromatic hydroxyl groups is 4. The summed E-state index contributed by atoms with van der Waals surface area (Å²) in [7, 11) is 1.08. The minimum Gasteiger partial charge on any atom is -0.504 e. The van der Waals surface area contributed by atoms with E-state index in [2.05, 4.69) is 0 Å². The number of carboxylic acid groups (broad SMARTS) is 1. The summed E-state index contributed by atoms with van der Waals surface area (Å²) in [5.41, 5.74) is 0.891. The first kappa shape index (κ1) is 28.5. The van der Waals surface area contributed by atoms with E-state index in [4.69, 9.17) is 14.6 Å². The molecule has 0 heterocycles. The van der Waals surface area contributed by atoms with Gasteiger partial charge in [0.1, 0.15) is 0 Å². The van der Waals surface area contributed by atoms with Gasteiger partial charge in [-0.1, -0.05) is 24.3 Å². The molecule has 1 fully saturated rings. The number of methoxy groups -OCH3 is 1. The first-order chi connectivity index (χ1) is 18.9. The number of aliphatic hydroxyl groups excluding tert-OH is 2. The summed E-state index contributed by atoms with van der Waals surface area (Å²) in [5, 5.41) is 70.3. The number of carbonyl (C=O) groups is 3. The SMILES string of the molecule is COC(=O)[C@@H](Cc1ccc(O)c(O)c1)OC(=O)C1C2C(/C=C/C(=O)O)=CC(C(O)C2O)C1c1ccc(O)c(O)c1. The largest absolute Gasteiger partial charge is 0.504 e. The van der Waals surface area contributed by atoms with Gasteiger partial charge in [-0.05, 0) is 41.0 Å². The molecule has 7 atom stereocenters. The molecule has 12 nitrogen and oxygen atoms in total. The van der Waals surface area contributed by atoms with Crippen molar-refractivity contribution in [2.45, 2.75) is 30.7 Å². The molecule has 0 spiro atoms. The molecule has 6 unspecified atom stereocenters. The smallest absolute Gasteiger partial charge is 0.347 e. The molecule has 5 rings (SSSR count). The third-order valence-electron chi connectivity index (χ3n) is 7.33. The lowest BCUT2D eigenvalue weighted by Crippen LogP contribution is -2.57. The quantitative estimate of drug-likeness (QED) is 0.138. The van der Waals surface area contributed by atoms with E-state index in [0.717, 1.165) is 13.2 Å². The van der Waals surface area contributed by atoms with E-state index in [9.17, 15) is 45.0 Å². The monoisotopic (exact) mass is 556 g/mol. The molecule has 0 amide bonds. The Kier molecular flexibility index (Phi) is 8.03. The van der Waals surface area contributed by atoms with Crippen molar-refractivity contribution in [1.29, 1.82) is 0 Å². The van der Waals surface area contributed by atoms with Crippen molar-refractivity contribution in [3.63, 3.8) is 0 Å². The maximum atomic E-state index is 13.8. The average Bonchev–Trinajstić information content (AvgIpc) is 2.92. The number of phenols is 4. The number of carbonyl (C=O) groups excluding carboxylic acids is 2. The highest BCUT2D eigenvalue weighted by Gasteiger charge is 2.57. The number of hydrogen-bond acceptors (Lipinski definition) is 11. The molecule has 0 aliphatic heterocycles. The lowest BCUT2D eigenvalue weighted by Gasteiger charge is -2.51. The highest BCUT2D eigenvalue weighted by Crippen LogP contribution is 2.54. The molecular weight excluding hydrogens is 528 g/mol. The van der Waals surface area contributed by atoms with Gasteiger partial charge in [0.15, 0.2) is 23.0 Å². The fourth-order valence-electron chi connectivity index (χ4n) is 5.51. The van der Waals surface area contributed by atoms with Crippen molar-refractivity contribution >= 4 is 17.9 Å². The molecule has 2 aromatic carbocycles. The van der Waals surface area contributed by atoms with E-state index in [-0.39, 0.29) is 12.0 Å². The Morgan fingerprint density at radius 3 is 2.15 bits per heavy atom. The van der Waals surface area contributed by atoms with E-state index in [1.807, 2.05) is 0 Å². The van der Waals surface area contributed by atoms with Crippen LogP contribution in [0.1, 0.15) is 17.0 Å². The lowest BCUT2D eigenvalue weighted by molar-refractivity contribution is -0.177. The van der Waals surface area contributed by atoms with Gasteiger partial charge in [-0.15, -0.1) is 0 Å². The summed E-state index contributed by atoms with van der Waals surface area (Å²) in [5.74, 6) is -9.25. The Morgan fingerprint density at radius 2 is 1.55 bits per heavy atom. The number of allylic oxidation sites excluding steroid dienone is 1. The van der Waals surface area contributed by atoms with Crippen LogP contribution in [0, 0.1) is 17.8 Å². The van der Waals surface area contributed by atoms with Crippen molar-refractivity contribution in [2.75, 3.05) is 7.11 Å². The Bertz CT molecular complexity index is 1380. The molecule has 3 aliphatic carbocycles. The summed E-state index contributed by atoms with van der Waals surface area (Å²) in [6.07, 6.45) is -1.07. The molecule has 2 bridgehead atoms. The number of carboxylic acids is 1. The number of phenolic OH excluding ortho intramolecular Hbond substituents is 4. The summed E-state index contributed by atoms with van der Waals surface area (Å²) in [6.45, 7) is 0. The van der Waals surface area contributed by atoms with Crippen molar-refractivity contribution in [1.82, 2.24) is 0 Å². The van der Waals surface area contributed by atoms with E-state index in [0.29, 0.717) is 11.1 Å². The van der Waals surface area contributed by atoms with E-state index in [1.165, 1.54) is 48.6 Å². The minimum absolute atomic E-state index is 0.246. The number of aliphatic hydroxyl groups is 2. The number of fused-ring (bicyclic) bond motifs is 2. The van der Waals surface area contributed by atoms with Crippen LogP contribution in [0.15, 0.2) is 60.2 Å². The Balaban J connectivity index is 1.75. The maximum absolute atomic E-state index is 13.8. The van der Waals surface area contributed by atoms with Gasteiger partial charge in [0.25, 0.3) is 0 Å². The molecule has 40 heavy (non-hydrogen) atoms. The van der Waals surface area contributed by atoms with Crippen molar-refractivity contribution in [3.8, 4) is 23.0 Å². The Hall–Kier alpha value is -4.55. The second-order valence-corrected chi connectivity index (χ2v) is 9.70. The fraction of sp³-hybridized carbons (Fsp3) is 0.321. The van der Waals surface area contributed by atoms with Crippen LogP contribution in [0.4, 0.5) is 0 Å². The second kappa shape index (κ2) is 11.3. The highest BCUT2D eigenvalue weighted by molar-refractivity contribution is 5.83. The third-order valence-corrected chi connectivity index (χ3v) is 7.33. The average molecular weight is 557 g/mol. The lowest BCUT2D eigenvalue weighted by atomic mass is 9.55. The number of ether oxygens (including phenoxy) is 2. The number of rotatable bonds is 8. The molecule has 3 aliphatic rings. The van der Waals surface area contributed by atoms with Gasteiger partial charge in [0.05, 0.1) is 25.2 Å². The minimum atomic E-state index is -1.51. The van der Waals surface area contributed by atoms with E-state index < -0.39 is 82.9 Å². The predicted octanol–water partition coefficient (Wildman–Crippen LogP) is 1.08. The second-order valence-electron chi connectivity index (χ2n) is 9.70. The molecule has 1 saturated carbocycles. The van der Waals surface area contributed by atoms with Crippen LogP contribution in [0.3, 0.4) is 0 Å². The third kappa shape index (κ3) is 5.44.